The zero-order chi connectivity index (χ0) is 21.0. The first-order valence-electron chi connectivity index (χ1n) is 10.3. The second-order valence-electron chi connectivity index (χ2n) is 8.61. The van der Waals surface area contributed by atoms with Crippen LogP contribution in [0.1, 0.15) is 52.0 Å². The normalized spacial score (nSPS) is 21.9. The molecule has 29 heavy (non-hydrogen) atoms. The van der Waals surface area contributed by atoms with Crippen molar-refractivity contribution in [1.82, 2.24) is 9.80 Å². The number of nitrogens with zero attached hydrogens (tertiary/aromatic N) is 2. The highest BCUT2D eigenvalue weighted by Gasteiger charge is 2.43. The number of amides is 2. The fourth-order valence-corrected chi connectivity index (χ4v) is 3.85. The SMILES string of the molecule is CC(C)(C)OC(=O)N1CCC[C@H]1C(=O)N1CCCC1C(=O)OCc1ccccc1. The maximum atomic E-state index is 13.2. The molecule has 2 atom stereocenters. The van der Waals surface area contributed by atoms with Crippen molar-refractivity contribution in [2.45, 2.75) is 70.7 Å². The molecule has 0 bridgehead atoms. The molecule has 158 valence electrons. The Morgan fingerprint density at radius 3 is 2.24 bits per heavy atom. The summed E-state index contributed by atoms with van der Waals surface area (Å²) in [4.78, 5) is 41.4. The van der Waals surface area contributed by atoms with Gasteiger partial charge in [0.25, 0.3) is 0 Å². The number of benzene rings is 1. The maximum Gasteiger partial charge on any atom is 0.410 e. The molecule has 7 nitrogen and oxygen atoms in total. The minimum absolute atomic E-state index is 0.186. The standard InChI is InChI=1S/C22H30N2O5/c1-22(2,3)29-21(27)24-14-7-11-17(24)19(25)23-13-8-12-18(23)20(26)28-15-16-9-5-4-6-10-16/h4-6,9-10,17-18H,7-8,11-15H2,1-3H3/t17-,18?/m0/s1. The number of esters is 1. The molecular weight excluding hydrogens is 372 g/mol. The molecule has 0 saturated carbocycles. The average Bonchev–Trinajstić information content (AvgIpc) is 3.34. The van der Waals surface area contributed by atoms with Crippen molar-refractivity contribution in [3.05, 3.63) is 35.9 Å². The van der Waals surface area contributed by atoms with E-state index >= 15 is 0 Å². The second-order valence-corrected chi connectivity index (χ2v) is 8.61. The highest BCUT2D eigenvalue weighted by Crippen LogP contribution is 2.27. The molecule has 2 heterocycles. The van der Waals surface area contributed by atoms with E-state index in [1.54, 1.807) is 25.7 Å². The average molecular weight is 402 g/mol. The quantitative estimate of drug-likeness (QED) is 0.724. The minimum Gasteiger partial charge on any atom is -0.459 e. The fourth-order valence-electron chi connectivity index (χ4n) is 3.85. The van der Waals surface area contributed by atoms with Gasteiger partial charge in [-0.05, 0) is 52.0 Å². The molecule has 2 saturated heterocycles. The number of hydrogen-bond donors (Lipinski definition) is 0. The molecule has 7 heteroatoms. The Labute approximate surface area is 171 Å². The van der Waals surface area contributed by atoms with Crippen LogP contribution in [-0.2, 0) is 25.7 Å². The fraction of sp³-hybridized carbons (Fsp3) is 0.591. The van der Waals surface area contributed by atoms with E-state index < -0.39 is 23.8 Å². The van der Waals surface area contributed by atoms with Crippen molar-refractivity contribution in [2.24, 2.45) is 0 Å². The van der Waals surface area contributed by atoms with E-state index in [1.165, 1.54) is 4.90 Å². The summed E-state index contributed by atoms with van der Waals surface area (Å²) in [6, 6.07) is 8.30. The van der Waals surface area contributed by atoms with Crippen LogP contribution in [0.5, 0.6) is 0 Å². The summed E-state index contributed by atoms with van der Waals surface area (Å²) >= 11 is 0. The monoisotopic (exact) mass is 402 g/mol. The van der Waals surface area contributed by atoms with Crippen LogP contribution in [0, 0.1) is 0 Å². The van der Waals surface area contributed by atoms with Gasteiger partial charge < -0.3 is 14.4 Å². The van der Waals surface area contributed by atoms with Crippen molar-refractivity contribution in [2.75, 3.05) is 13.1 Å². The molecular formula is C22H30N2O5. The third kappa shape index (κ3) is 5.28. The van der Waals surface area contributed by atoms with E-state index in [0.717, 1.165) is 18.4 Å². The number of carbonyl (C=O) groups excluding carboxylic acids is 3. The molecule has 2 fully saturated rings. The van der Waals surface area contributed by atoms with E-state index in [4.69, 9.17) is 9.47 Å². The van der Waals surface area contributed by atoms with Crippen molar-refractivity contribution in [3.63, 3.8) is 0 Å². The lowest BCUT2D eigenvalue weighted by molar-refractivity contribution is -0.155. The number of hydrogen-bond acceptors (Lipinski definition) is 5. The first-order chi connectivity index (χ1) is 13.8. The zero-order valence-corrected chi connectivity index (χ0v) is 17.4. The van der Waals surface area contributed by atoms with Gasteiger partial charge in [-0.25, -0.2) is 9.59 Å². The van der Waals surface area contributed by atoms with Crippen LogP contribution in [0.3, 0.4) is 0 Å². The van der Waals surface area contributed by atoms with Crippen molar-refractivity contribution in [1.29, 1.82) is 0 Å². The van der Waals surface area contributed by atoms with E-state index in [1.807, 2.05) is 30.3 Å². The predicted molar refractivity (Wildman–Crippen MR) is 107 cm³/mol. The summed E-state index contributed by atoms with van der Waals surface area (Å²) in [5, 5.41) is 0. The molecule has 0 N–H and O–H groups in total. The van der Waals surface area contributed by atoms with Gasteiger partial charge in [-0.1, -0.05) is 30.3 Å². The molecule has 0 spiro atoms. The maximum absolute atomic E-state index is 13.2. The Bertz CT molecular complexity index is 743. The molecule has 3 rings (SSSR count). The van der Waals surface area contributed by atoms with Crippen molar-refractivity contribution in [3.8, 4) is 0 Å². The van der Waals surface area contributed by atoms with Crippen LogP contribution in [0.2, 0.25) is 0 Å². The first kappa shape index (κ1) is 21.1. The van der Waals surface area contributed by atoms with Crippen LogP contribution >= 0.6 is 0 Å². The number of likely N-dealkylation sites (tertiary alicyclic amines) is 2. The highest BCUT2D eigenvalue weighted by molar-refractivity contribution is 5.90. The Balaban J connectivity index is 1.62. The topological polar surface area (TPSA) is 76.2 Å². The smallest absolute Gasteiger partial charge is 0.410 e. The Morgan fingerprint density at radius 1 is 0.966 bits per heavy atom. The molecule has 1 aromatic rings. The van der Waals surface area contributed by atoms with Crippen LogP contribution in [0.25, 0.3) is 0 Å². The third-order valence-corrected chi connectivity index (χ3v) is 5.20. The van der Waals surface area contributed by atoms with E-state index in [0.29, 0.717) is 25.9 Å². The van der Waals surface area contributed by atoms with Crippen molar-refractivity contribution < 1.29 is 23.9 Å². The Morgan fingerprint density at radius 2 is 1.59 bits per heavy atom. The summed E-state index contributed by atoms with van der Waals surface area (Å²) in [6.45, 7) is 6.58. The van der Waals surface area contributed by atoms with Gasteiger partial charge in [0, 0.05) is 13.1 Å². The van der Waals surface area contributed by atoms with E-state index in [-0.39, 0.29) is 18.5 Å². The van der Waals surface area contributed by atoms with Crippen LogP contribution in [0.15, 0.2) is 30.3 Å². The predicted octanol–water partition coefficient (Wildman–Crippen LogP) is 3.12. The van der Waals surface area contributed by atoms with E-state index in [9.17, 15) is 14.4 Å². The summed E-state index contributed by atoms with van der Waals surface area (Å²) in [7, 11) is 0. The molecule has 0 aliphatic carbocycles. The van der Waals surface area contributed by atoms with Gasteiger partial charge in [-0.2, -0.15) is 0 Å². The molecule has 2 aliphatic rings. The van der Waals surface area contributed by atoms with Crippen molar-refractivity contribution >= 4 is 18.0 Å². The summed E-state index contributed by atoms with van der Waals surface area (Å²) in [5.74, 6) is -0.575. The van der Waals surface area contributed by atoms with Crippen LogP contribution in [0.4, 0.5) is 4.79 Å². The van der Waals surface area contributed by atoms with Gasteiger partial charge >= 0.3 is 12.1 Å². The molecule has 0 radical (unpaired) electrons. The number of carbonyl (C=O) groups is 3. The van der Waals surface area contributed by atoms with Gasteiger partial charge in [0.05, 0.1) is 0 Å². The van der Waals surface area contributed by atoms with Gasteiger partial charge in [-0.3, -0.25) is 9.69 Å². The lowest BCUT2D eigenvalue weighted by Gasteiger charge is -2.31. The second kappa shape index (κ2) is 8.84. The van der Waals surface area contributed by atoms with Gasteiger partial charge in [0.2, 0.25) is 5.91 Å². The Hall–Kier alpha value is -2.57. The Kier molecular flexibility index (Phi) is 6.45. The van der Waals surface area contributed by atoms with Crippen LogP contribution < -0.4 is 0 Å². The molecule has 1 unspecified atom stereocenters. The third-order valence-electron chi connectivity index (χ3n) is 5.20. The summed E-state index contributed by atoms with van der Waals surface area (Å²) in [6.07, 6.45) is 2.18. The molecule has 0 aromatic heterocycles. The van der Waals surface area contributed by atoms with Crippen LogP contribution in [-0.4, -0.2) is 58.5 Å². The zero-order valence-electron chi connectivity index (χ0n) is 17.4. The number of rotatable bonds is 4. The largest absolute Gasteiger partial charge is 0.459 e. The molecule has 1 aromatic carbocycles. The molecule has 2 aliphatic heterocycles. The first-order valence-corrected chi connectivity index (χ1v) is 10.3. The number of ether oxygens (including phenoxy) is 2. The van der Waals surface area contributed by atoms with Gasteiger partial charge in [-0.15, -0.1) is 0 Å². The van der Waals surface area contributed by atoms with Gasteiger partial charge in [0.1, 0.15) is 24.3 Å². The highest BCUT2D eigenvalue weighted by atomic mass is 16.6. The summed E-state index contributed by atoms with van der Waals surface area (Å²) in [5.41, 5.74) is 0.286. The summed E-state index contributed by atoms with van der Waals surface area (Å²) < 4.78 is 10.9. The lowest BCUT2D eigenvalue weighted by Crippen LogP contribution is -2.52. The lowest BCUT2D eigenvalue weighted by atomic mass is 10.1. The molecule has 2 amide bonds. The van der Waals surface area contributed by atoms with E-state index in [2.05, 4.69) is 0 Å². The minimum atomic E-state index is -0.620. The van der Waals surface area contributed by atoms with Gasteiger partial charge in [0.15, 0.2) is 0 Å².